The van der Waals surface area contributed by atoms with E-state index in [1.807, 2.05) is 13.8 Å². The number of alkyl halides is 3. The number of rotatable bonds is 8. The lowest BCUT2D eigenvalue weighted by Gasteiger charge is -2.19. The molecule has 1 saturated carbocycles. The highest BCUT2D eigenvalue weighted by Gasteiger charge is 2.51. The van der Waals surface area contributed by atoms with Gasteiger partial charge in [0.1, 0.15) is 4.90 Å². The first-order valence-electron chi connectivity index (χ1n) is 11.6. The number of anilines is 2. The van der Waals surface area contributed by atoms with Gasteiger partial charge < -0.3 is 15.7 Å². The fraction of sp³-hybridized carbons (Fsp3) is 0.400. The fourth-order valence-corrected chi connectivity index (χ4v) is 4.75. The van der Waals surface area contributed by atoms with Crippen molar-refractivity contribution in [3.63, 3.8) is 0 Å². The number of carbonyl (C=O) groups excluding carboxylic acids is 2. The summed E-state index contributed by atoms with van der Waals surface area (Å²) in [6.45, 7) is 7.11. The van der Waals surface area contributed by atoms with Gasteiger partial charge in [0, 0.05) is 18.7 Å². The molecular weight excluding hydrogens is 527 g/mol. The molecule has 1 atom stereocenters. The van der Waals surface area contributed by atoms with Gasteiger partial charge in [-0.2, -0.15) is 13.2 Å². The van der Waals surface area contributed by atoms with E-state index in [-0.39, 0.29) is 28.4 Å². The Kier molecular flexibility index (Phi) is 9.54. The Labute approximate surface area is 218 Å². The Morgan fingerprint density at radius 2 is 1.63 bits per heavy atom. The molecule has 2 aromatic rings. The smallest absolute Gasteiger partial charge is 0.475 e. The molecule has 4 N–H and O–H groups in total. The summed E-state index contributed by atoms with van der Waals surface area (Å²) in [4.78, 5) is 33.0. The third-order valence-electron chi connectivity index (χ3n) is 5.84. The molecule has 0 heterocycles. The molecule has 1 aliphatic carbocycles. The van der Waals surface area contributed by atoms with Crippen LogP contribution in [0.4, 0.5) is 24.5 Å². The van der Waals surface area contributed by atoms with E-state index in [9.17, 15) is 31.2 Å². The van der Waals surface area contributed by atoms with Gasteiger partial charge in [-0.1, -0.05) is 25.1 Å². The highest BCUT2D eigenvalue weighted by molar-refractivity contribution is 7.92. The molecule has 2 aromatic carbocycles. The number of carbonyl (C=O) groups is 3. The van der Waals surface area contributed by atoms with E-state index in [0.29, 0.717) is 5.69 Å². The van der Waals surface area contributed by atoms with Gasteiger partial charge in [-0.15, -0.1) is 0 Å². The average Bonchev–Trinajstić information content (AvgIpc) is 3.62. The standard InChI is InChI=1S/C23H29N3O4S.C2HF3O2/c1-5-16(3)24-22(28)23(12-13-23)18-7-9-19(10-8-18)26-31(29,30)21-14-15(2)6-11-20(21)25-17(4)27;3-2(4,5)1(6)7/h6-11,14,16,26H,5,12-13H2,1-4H3,(H,24,28)(H,25,27);(H,6,7). The van der Waals surface area contributed by atoms with Crippen molar-refractivity contribution in [1.82, 2.24) is 5.32 Å². The first-order chi connectivity index (χ1) is 17.5. The predicted octanol–water partition coefficient (Wildman–Crippen LogP) is 4.33. The number of carboxylic acids is 1. The van der Waals surface area contributed by atoms with Crippen molar-refractivity contribution in [2.75, 3.05) is 10.0 Å². The number of carboxylic acid groups (broad SMARTS) is 1. The monoisotopic (exact) mass is 557 g/mol. The van der Waals surface area contributed by atoms with E-state index in [1.54, 1.807) is 43.3 Å². The number of hydrogen-bond donors (Lipinski definition) is 4. The molecule has 0 spiro atoms. The Morgan fingerprint density at radius 3 is 2.08 bits per heavy atom. The summed E-state index contributed by atoms with van der Waals surface area (Å²) in [5, 5.41) is 12.7. The Morgan fingerprint density at radius 1 is 1.08 bits per heavy atom. The van der Waals surface area contributed by atoms with Crippen LogP contribution < -0.4 is 15.4 Å². The van der Waals surface area contributed by atoms with E-state index in [4.69, 9.17) is 9.90 Å². The summed E-state index contributed by atoms with van der Waals surface area (Å²) < 4.78 is 60.3. The fourth-order valence-electron chi connectivity index (χ4n) is 3.45. The van der Waals surface area contributed by atoms with Crippen LogP contribution in [0.5, 0.6) is 0 Å². The van der Waals surface area contributed by atoms with Crippen molar-refractivity contribution >= 4 is 39.2 Å². The summed E-state index contributed by atoms with van der Waals surface area (Å²) in [7, 11) is -3.92. The number of aliphatic carboxylic acids is 1. The normalized spacial score (nSPS) is 14.8. The SMILES string of the molecule is CCC(C)NC(=O)C1(c2ccc(NS(=O)(=O)c3cc(C)ccc3NC(C)=O)cc2)CC1.O=C(O)C(F)(F)F. The highest BCUT2D eigenvalue weighted by Crippen LogP contribution is 2.48. The van der Waals surface area contributed by atoms with Crippen LogP contribution in [-0.2, 0) is 29.8 Å². The lowest BCUT2D eigenvalue weighted by molar-refractivity contribution is -0.192. The third kappa shape index (κ3) is 7.94. The lowest BCUT2D eigenvalue weighted by Crippen LogP contribution is -2.39. The molecule has 0 aromatic heterocycles. The quantitative estimate of drug-likeness (QED) is 0.381. The zero-order chi connectivity index (χ0) is 28.9. The van der Waals surface area contributed by atoms with Gasteiger partial charge in [-0.3, -0.25) is 14.3 Å². The topological polar surface area (TPSA) is 142 Å². The molecule has 9 nitrogen and oxygen atoms in total. The number of nitrogens with one attached hydrogen (secondary N) is 3. The molecule has 0 aliphatic heterocycles. The molecule has 1 aliphatic rings. The summed E-state index contributed by atoms with van der Waals surface area (Å²) >= 11 is 0. The molecular formula is C25H30F3N3O6S. The average molecular weight is 558 g/mol. The molecule has 1 unspecified atom stereocenters. The van der Waals surface area contributed by atoms with E-state index in [2.05, 4.69) is 15.4 Å². The second-order valence-electron chi connectivity index (χ2n) is 9.03. The van der Waals surface area contributed by atoms with E-state index in [1.165, 1.54) is 13.0 Å². The van der Waals surface area contributed by atoms with Gasteiger partial charge >= 0.3 is 12.1 Å². The molecule has 1 fully saturated rings. The minimum Gasteiger partial charge on any atom is -0.475 e. The minimum atomic E-state index is -5.08. The Balaban J connectivity index is 0.000000638. The van der Waals surface area contributed by atoms with E-state index in [0.717, 1.165) is 30.4 Å². The predicted molar refractivity (Wildman–Crippen MR) is 135 cm³/mol. The number of amides is 2. The molecule has 208 valence electrons. The summed E-state index contributed by atoms with van der Waals surface area (Å²) in [5.41, 5.74) is 1.73. The number of hydrogen-bond acceptors (Lipinski definition) is 5. The van der Waals surface area contributed by atoms with Crippen LogP contribution in [0, 0.1) is 6.92 Å². The van der Waals surface area contributed by atoms with E-state index >= 15 is 0 Å². The third-order valence-corrected chi connectivity index (χ3v) is 7.27. The number of sulfonamides is 1. The zero-order valence-electron chi connectivity index (χ0n) is 21.3. The summed E-state index contributed by atoms with van der Waals surface area (Å²) in [5.74, 6) is -3.09. The number of benzene rings is 2. The number of halogens is 3. The Hall–Kier alpha value is -3.61. The molecule has 0 bridgehead atoms. The maximum atomic E-state index is 13.0. The summed E-state index contributed by atoms with van der Waals surface area (Å²) in [6.07, 6.45) is -2.66. The molecule has 38 heavy (non-hydrogen) atoms. The highest BCUT2D eigenvalue weighted by atomic mass is 32.2. The van der Waals surface area contributed by atoms with E-state index < -0.39 is 27.6 Å². The second kappa shape index (κ2) is 11.8. The number of aryl methyl sites for hydroxylation is 1. The molecule has 3 rings (SSSR count). The van der Waals surface area contributed by atoms with Crippen molar-refractivity contribution in [2.45, 2.75) is 69.5 Å². The van der Waals surface area contributed by atoms with Gasteiger partial charge in [-0.25, -0.2) is 13.2 Å². The van der Waals surface area contributed by atoms with Crippen LogP contribution in [0.1, 0.15) is 51.2 Å². The Bertz CT molecular complexity index is 1290. The van der Waals surface area contributed by atoms with Gasteiger partial charge in [-0.05, 0) is 68.5 Å². The molecule has 13 heteroatoms. The zero-order valence-corrected chi connectivity index (χ0v) is 22.1. The first kappa shape index (κ1) is 30.6. The van der Waals surface area contributed by atoms with Crippen LogP contribution >= 0.6 is 0 Å². The van der Waals surface area contributed by atoms with Crippen molar-refractivity contribution < 1.29 is 41.1 Å². The summed E-state index contributed by atoms with van der Waals surface area (Å²) in [6, 6.07) is 11.9. The molecule has 0 radical (unpaired) electrons. The minimum absolute atomic E-state index is 0.00151. The largest absolute Gasteiger partial charge is 0.490 e. The first-order valence-corrected chi connectivity index (χ1v) is 13.1. The van der Waals surface area contributed by atoms with Crippen LogP contribution in [0.2, 0.25) is 0 Å². The van der Waals surface area contributed by atoms with Crippen LogP contribution in [0.15, 0.2) is 47.4 Å². The maximum absolute atomic E-state index is 13.0. The van der Waals surface area contributed by atoms with Gasteiger partial charge in [0.15, 0.2) is 0 Å². The lowest BCUT2D eigenvalue weighted by atomic mass is 9.94. The second-order valence-corrected chi connectivity index (χ2v) is 10.7. The van der Waals surface area contributed by atoms with Gasteiger partial charge in [0.2, 0.25) is 11.8 Å². The van der Waals surface area contributed by atoms with Crippen molar-refractivity contribution in [3.05, 3.63) is 53.6 Å². The molecule has 2 amide bonds. The maximum Gasteiger partial charge on any atom is 0.490 e. The van der Waals surface area contributed by atoms with Crippen molar-refractivity contribution in [3.8, 4) is 0 Å². The van der Waals surface area contributed by atoms with Gasteiger partial charge in [0.25, 0.3) is 10.0 Å². The van der Waals surface area contributed by atoms with Gasteiger partial charge in [0.05, 0.1) is 11.1 Å². The van der Waals surface area contributed by atoms with Crippen LogP contribution in [0.3, 0.4) is 0 Å². The van der Waals surface area contributed by atoms with Crippen molar-refractivity contribution in [2.24, 2.45) is 0 Å². The van der Waals surface area contributed by atoms with Crippen LogP contribution in [0.25, 0.3) is 0 Å². The van der Waals surface area contributed by atoms with Crippen LogP contribution in [-0.4, -0.2) is 43.5 Å². The molecule has 0 saturated heterocycles. The van der Waals surface area contributed by atoms with Crippen molar-refractivity contribution in [1.29, 1.82) is 0 Å².